The molecule has 3 aromatic carbocycles. The number of nitro benzene ring substituents is 1. The highest BCUT2D eigenvalue weighted by Gasteiger charge is 2.32. The summed E-state index contributed by atoms with van der Waals surface area (Å²) in [6.07, 6.45) is 6.55. The van der Waals surface area contributed by atoms with Crippen LogP contribution in [0.2, 0.25) is 0 Å². The minimum Gasteiger partial charge on any atom is -0.494 e. The van der Waals surface area contributed by atoms with Gasteiger partial charge in [-0.3, -0.25) is 19.5 Å². The summed E-state index contributed by atoms with van der Waals surface area (Å²) in [4.78, 5) is 30.6. The number of ether oxygens (including phenoxy) is 2. The Bertz CT molecular complexity index is 1920. The highest BCUT2D eigenvalue weighted by Crippen LogP contribution is 2.41. The number of fused-ring (bicyclic) bond motifs is 1. The lowest BCUT2D eigenvalue weighted by atomic mass is 9.84. The van der Waals surface area contributed by atoms with E-state index >= 15 is 0 Å². The zero-order valence-corrected chi connectivity index (χ0v) is 24.8. The van der Waals surface area contributed by atoms with Gasteiger partial charge in [0.25, 0.3) is 11.2 Å². The summed E-state index contributed by atoms with van der Waals surface area (Å²) in [5.74, 6) is 1.61. The van der Waals surface area contributed by atoms with Crippen molar-refractivity contribution in [2.45, 2.75) is 39.2 Å². The average molecular weight is 594 g/mol. The minimum atomic E-state index is -0.433. The molecule has 0 fully saturated rings. The second kappa shape index (κ2) is 12.2. The number of thiazole rings is 1. The lowest BCUT2D eigenvalue weighted by molar-refractivity contribution is -0.384. The van der Waals surface area contributed by atoms with E-state index < -0.39 is 4.92 Å². The van der Waals surface area contributed by atoms with Crippen molar-refractivity contribution in [3.63, 3.8) is 0 Å². The molecule has 9 heteroatoms. The Kier molecular flexibility index (Phi) is 8.07. The summed E-state index contributed by atoms with van der Waals surface area (Å²) in [7, 11) is 0. The largest absolute Gasteiger partial charge is 0.494 e. The molecule has 1 atom stereocenters. The first-order valence-electron chi connectivity index (χ1n) is 14.4. The number of hydrogen-bond acceptors (Lipinski definition) is 7. The number of hydrogen-bond donors (Lipinski definition) is 0. The molecule has 8 nitrogen and oxygen atoms in total. The molecule has 2 aliphatic rings. The van der Waals surface area contributed by atoms with E-state index in [2.05, 4.69) is 6.08 Å². The number of benzene rings is 3. The van der Waals surface area contributed by atoms with Crippen molar-refractivity contribution < 1.29 is 14.4 Å². The molecule has 218 valence electrons. The van der Waals surface area contributed by atoms with Gasteiger partial charge < -0.3 is 9.47 Å². The van der Waals surface area contributed by atoms with Gasteiger partial charge in [0.15, 0.2) is 4.80 Å². The maximum Gasteiger partial charge on any atom is 0.271 e. The average Bonchev–Trinajstić information content (AvgIpc) is 3.32. The number of aromatic nitrogens is 1. The van der Waals surface area contributed by atoms with Crippen molar-refractivity contribution in [3.05, 3.63) is 136 Å². The maximum atomic E-state index is 14.0. The summed E-state index contributed by atoms with van der Waals surface area (Å²) in [6.45, 7) is 5.10. The molecule has 43 heavy (non-hydrogen) atoms. The van der Waals surface area contributed by atoms with E-state index in [1.54, 1.807) is 22.8 Å². The standard InChI is InChI=1S/C34H31N3O5S/c1-3-41-27-15-11-22(12-16-27)19-25-8-6-10-29-31(25)35-34-36(32(29)24-13-17-28(18-14-24)42-4-2)33(38)30(43-34)21-23-7-5-9-26(20-23)37(39)40/h5,7,9,11-21,32H,3-4,6,8,10H2,1-2H3/b25-19+,30-21-. The monoisotopic (exact) mass is 593 g/mol. The van der Waals surface area contributed by atoms with Crippen LogP contribution in [0.5, 0.6) is 11.5 Å². The van der Waals surface area contributed by atoms with Crippen molar-refractivity contribution >= 4 is 29.2 Å². The van der Waals surface area contributed by atoms with E-state index in [1.807, 2.05) is 62.4 Å². The Morgan fingerprint density at radius 2 is 1.65 bits per heavy atom. The fraction of sp³-hybridized carbons (Fsp3) is 0.235. The van der Waals surface area contributed by atoms with Gasteiger partial charge in [0, 0.05) is 12.1 Å². The molecule has 0 spiro atoms. The molecule has 0 saturated carbocycles. The predicted molar refractivity (Wildman–Crippen MR) is 168 cm³/mol. The first kappa shape index (κ1) is 28.4. The van der Waals surface area contributed by atoms with Crippen LogP contribution >= 0.6 is 11.3 Å². The normalized spacial score (nSPS) is 17.3. The Morgan fingerprint density at radius 3 is 2.33 bits per heavy atom. The highest BCUT2D eigenvalue weighted by molar-refractivity contribution is 7.07. The van der Waals surface area contributed by atoms with Crippen molar-refractivity contribution in [1.29, 1.82) is 0 Å². The molecule has 0 bridgehead atoms. The smallest absolute Gasteiger partial charge is 0.271 e. The van der Waals surface area contributed by atoms with Crippen LogP contribution in [0.25, 0.3) is 12.2 Å². The van der Waals surface area contributed by atoms with Crippen molar-refractivity contribution in [2.24, 2.45) is 4.99 Å². The van der Waals surface area contributed by atoms with Crippen LogP contribution in [-0.2, 0) is 0 Å². The molecule has 0 N–H and O–H groups in total. The lowest BCUT2D eigenvalue weighted by Gasteiger charge is -2.31. The molecule has 1 aliphatic heterocycles. The Labute approximate surface area is 252 Å². The predicted octanol–water partition coefficient (Wildman–Crippen LogP) is 6.19. The molecule has 1 aliphatic carbocycles. The topological polar surface area (TPSA) is 96.0 Å². The number of nitro groups is 1. The summed E-state index contributed by atoms with van der Waals surface area (Å²) in [5, 5.41) is 11.3. The molecule has 0 radical (unpaired) electrons. The van der Waals surface area contributed by atoms with E-state index in [9.17, 15) is 14.9 Å². The third-order valence-corrected chi connectivity index (χ3v) is 8.53. The third-order valence-electron chi connectivity index (χ3n) is 7.55. The van der Waals surface area contributed by atoms with Crippen molar-refractivity contribution in [2.75, 3.05) is 13.2 Å². The lowest BCUT2D eigenvalue weighted by Crippen LogP contribution is -2.39. The third kappa shape index (κ3) is 5.81. The summed E-state index contributed by atoms with van der Waals surface area (Å²) < 4.78 is 13.6. The molecule has 1 unspecified atom stereocenters. The minimum absolute atomic E-state index is 0.0201. The maximum absolute atomic E-state index is 14.0. The van der Waals surface area contributed by atoms with Gasteiger partial charge in [0.2, 0.25) is 0 Å². The second-order valence-electron chi connectivity index (χ2n) is 10.3. The molecule has 2 heterocycles. The summed E-state index contributed by atoms with van der Waals surface area (Å²) in [5.41, 5.74) is 5.64. The molecule has 4 aromatic rings. The number of allylic oxidation sites excluding steroid dienone is 2. The van der Waals surface area contributed by atoms with Gasteiger partial charge in [0.1, 0.15) is 11.5 Å². The highest BCUT2D eigenvalue weighted by atomic mass is 32.1. The van der Waals surface area contributed by atoms with E-state index in [-0.39, 0.29) is 17.3 Å². The quantitative estimate of drug-likeness (QED) is 0.179. The van der Waals surface area contributed by atoms with Crippen LogP contribution in [0.15, 0.2) is 99.4 Å². The zero-order chi connectivity index (χ0) is 29.9. The fourth-order valence-corrected chi connectivity index (χ4v) is 6.68. The van der Waals surface area contributed by atoms with E-state index in [0.717, 1.165) is 58.7 Å². The van der Waals surface area contributed by atoms with Gasteiger partial charge in [-0.25, -0.2) is 4.99 Å². The van der Waals surface area contributed by atoms with Gasteiger partial charge in [-0.1, -0.05) is 47.7 Å². The van der Waals surface area contributed by atoms with Crippen LogP contribution in [0.4, 0.5) is 5.69 Å². The van der Waals surface area contributed by atoms with E-state index in [1.165, 1.54) is 23.5 Å². The first-order valence-corrected chi connectivity index (χ1v) is 15.2. The van der Waals surface area contributed by atoms with Crippen LogP contribution in [0.1, 0.15) is 55.8 Å². The zero-order valence-electron chi connectivity index (χ0n) is 24.0. The number of non-ortho nitro benzene ring substituents is 1. The van der Waals surface area contributed by atoms with Crippen LogP contribution in [-0.4, -0.2) is 22.7 Å². The van der Waals surface area contributed by atoms with Gasteiger partial charge >= 0.3 is 0 Å². The van der Waals surface area contributed by atoms with E-state index in [4.69, 9.17) is 14.5 Å². The van der Waals surface area contributed by atoms with Gasteiger partial charge in [0.05, 0.1) is 34.4 Å². The molecule has 0 saturated heterocycles. The summed E-state index contributed by atoms with van der Waals surface area (Å²) in [6, 6.07) is 22.0. The van der Waals surface area contributed by atoms with E-state index in [0.29, 0.717) is 28.1 Å². The molecular formula is C34H31N3O5S. The van der Waals surface area contributed by atoms with Gasteiger partial charge in [-0.05, 0) is 97.4 Å². The fourth-order valence-electron chi connectivity index (χ4n) is 5.68. The molecule has 1 aromatic heterocycles. The Hall–Kier alpha value is -4.76. The van der Waals surface area contributed by atoms with Gasteiger partial charge in [-0.15, -0.1) is 0 Å². The number of rotatable bonds is 8. The summed E-state index contributed by atoms with van der Waals surface area (Å²) >= 11 is 1.31. The van der Waals surface area contributed by atoms with Gasteiger partial charge in [-0.2, -0.15) is 0 Å². The van der Waals surface area contributed by atoms with Crippen LogP contribution in [0.3, 0.4) is 0 Å². The van der Waals surface area contributed by atoms with Crippen LogP contribution < -0.4 is 24.4 Å². The Morgan fingerprint density at radius 1 is 0.953 bits per heavy atom. The number of nitrogens with zero attached hydrogens (tertiary/aromatic N) is 3. The van der Waals surface area contributed by atoms with Crippen molar-refractivity contribution in [3.8, 4) is 11.5 Å². The second-order valence-corrected chi connectivity index (χ2v) is 11.3. The Balaban J connectivity index is 1.51. The van der Waals surface area contributed by atoms with Crippen LogP contribution in [0, 0.1) is 10.1 Å². The van der Waals surface area contributed by atoms with Crippen molar-refractivity contribution in [1.82, 2.24) is 4.57 Å². The molecule has 0 amide bonds. The molecular weight excluding hydrogens is 562 g/mol. The SMILES string of the molecule is CCOc1ccc(/C=C2\CCCC3=C2N=c2s/c(=C\c4cccc([N+](=O)[O-])c4)c(=O)n2C3c2ccc(OCC)cc2)cc1. The first-order chi connectivity index (χ1) is 20.9. The molecule has 6 rings (SSSR count).